The summed E-state index contributed by atoms with van der Waals surface area (Å²) in [5, 5.41) is 0. The quantitative estimate of drug-likeness (QED) is 0.744. The van der Waals surface area contributed by atoms with Crippen LogP contribution in [0.2, 0.25) is 0 Å². The summed E-state index contributed by atoms with van der Waals surface area (Å²) in [6.07, 6.45) is 3.26. The third-order valence-corrected chi connectivity index (χ3v) is 5.33. The van der Waals surface area contributed by atoms with Crippen LogP contribution in [0.5, 0.6) is 0 Å². The van der Waals surface area contributed by atoms with Crippen LogP contribution >= 0.6 is 0 Å². The third kappa shape index (κ3) is 3.48. The van der Waals surface area contributed by atoms with Crippen LogP contribution < -0.4 is 5.73 Å². The van der Waals surface area contributed by atoms with Crippen LogP contribution in [0, 0.1) is 0 Å². The highest BCUT2D eigenvalue weighted by atomic mass is 16.1. The van der Waals surface area contributed by atoms with Gasteiger partial charge in [-0.05, 0) is 50.0 Å². The highest BCUT2D eigenvalue weighted by Crippen LogP contribution is 2.28. The minimum Gasteiger partial charge on any atom is -0.366 e. The van der Waals surface area contributed by atoms with E-state index in [9.17, 15) is 4.79 Å². The molecule has 3 N–H and O–H groups in total. The summed E-state index contributed by atoms with van der Waals surface area (Å²) in [6, 6.07) is 16.2. The molecule has 5 heteroatoms. The van der Waals surface area contributed by atoms with Gasteiger partial charge in [-0.1, -0.05) is 36.4 Å². The van der Waals surface area contributed by atoms with Crippen molar-refractivity contribution < 1.29 is 4.79 Å². The molecule has 1 aromatic heterocycles. The number of piperidine rings is 1. The molecule has 0 spiro atoms. The summed E-state index contributed by atoms with van der Waals surface area (Å²) in [5.74, 6) is 0.969. The number of rotatable bonds is 5. The van der Waals surface area contributed by atoms with Crippen LogP contribution in [0.3, 0.4) is 0 Å². The number of nitrogens with two attached hydrogens (primary N) is 1. The van der Waals surface area contributed by atoms with E-state index in [1.54, 1.807) is 6.07 Å². The second-order valence-electron chi connectivity index (χ2n) is 7.04. The largest absolute Gasteiger partial charge is 0.366 e. The minimum absolute atomic E-state index is 0.413. The van der Waals surface area contributed by atoms with Gasteiger partial charge in [0.05, 0.1) is 11.1 Å². The van der Waals surface area contributed by atoms with Crippen molar-refractivity contribution >= 4 is 16.9 Å². The molecule has 134 valence electrons. The highest BCUT2D eigenvalue weighted by Gasteiger charge is 2.23. The topological polar surface area (TPSA) is 75.0 Å². The molecule has 1 aliphatic rings. The van der Waals surface area contributed by atoms with Gasteiger partial charge >= 0.3 is 0 Å². The van der Waals surface area contributed by atoms with E-state index in [1.807, 2.05) is 12.1 Å². The average molecular weight is 348 g/mol. The molecule has 1 fully saturated rings. The zero-order valence-electron chi connectivity index (χ0n) is 14.8. The number of para-hydroxylation sites is 1. The van der Waals surface area contributed by atoms with Gasteiger partial charge in [-0.25, -0.2) is 4.98 Å². The minimum atomic E-state index is -0.426. The first-order chi connectivity index (χ1) is 12.7. The van der Waals surface area contributed by atoms with E-state index in [1.165, 1.54) is 5.56 Å². The maximum Gasteiger partial charge on any atom is 0.250 e. The Labute approximate surface area is 153 Å². The first-order valence-electron chi connectivity index (χ1n) is 9.25. The number of aromatic nitrogens is 2. The van der Waals surface area contributed by atoms with Gasteiger partial charge in [-0.2, -0.15) is 0 Å². The molecule has 1 saturated heterocycles. The summed E-state index contributed by atoms with van der Waals surface area (Å²) in [4.78, 5) is 22.2. The van der Waals surface area contributed by atoms with Gasteiger partial charge in [0.25, 0.3) is 5.91 Å². The number of primary amides is 1. The van der Waals surface area contributed by atoms with E-state index in [0.29, 0.717) is 17.0 Å². The monoisotopic (exact) mass is 348 g/mol. The molecule has 4 rings (SSSR count). The molecule has 3 aromatic rings. The van der Waals surface area contributed by atoms with Gasteiger partial charge in [0.2, 0.25) is 0 Å². The van der Waals surface area contributed by atoms with Gasteiger partial charge in [-0.15, -0.1) is 0 Å². The first kappa shape index (κ1) is 16.8. The van der Waals surface area contributed by atoms with Crippen LogP contribution in [0.4, 0.5) is 0 Å². The summed E-state index contributed by atoms with van der Waals surface area (Å²) in [5.41, 5.74) is 8.94. The van der Waals surface area contributed by atoms with Crippen molar-refractivity contribution in [3.8, 4) is 0 Å². The smallest absolute Gasteiger partial charge is 0.250 e. The maximum absolute atomic E-state index is 11.6. The van der Waals surface area contributed by atoms with Crippen LogP contribution in [0.15, 0.2) is 48.5 Å². The third-order valence-electron chi connectivity index (χ3n) is 5.33. The van der Waals surface area contributed by atoms with E-state index >= 15 is 0 Å². The number of benzene rings is 2. The molecule has 2 heterocycles. The highest BCUT2D eigenvalue weighted by molar-refractivity contribution is 6.04. The number of amides is 1. The van der Waals surface area contributed by atoms with E-state index in [-0.39, 0.29) is 0 Å². The number of nitrogens with zero attached hydrogens (tertiary/aromatic N) is 2. The average Bonchev–Trinajstić information content (AvgIpc) is 3.11. The number of carbonyl (C=O) groups excluding carboxylic acids is 1. The van der Waals surface area contributed by atoms with Gasteiger partial charge in [0.15, 0.2) is 0 Å². The Morgan fingerprint density at radius 1 is 1.12 bits per heavy atom. The number of carbonyl (C=O) groups is 1. The Morgan fingerprint density at radius 2 is 1.88 bits per heavy atom. The van der Waals surface area contributed by atoms with Crippen molar-refractivity contribution in [3.05, 3.63) is 65.5 Å². The van der Waals surface area contributed by atoms with Gasteiger partial charge in [0, 0.05) is 12.5 Å². The summed E-state index contributed by atoms with van der Waals surface area (Å²) in [7, 11) is 0. The molecule has 0 bridgehead atoms. The second-order valence-corrected chi connectivity index (χ2v) is 7.04. The molecule has 2 aromatic carbocycles. The number of nitrogens with one attached hydrogen (secondary N) is 1. The molecular formula is C21H24N4O. The lowest BCUT2D eigenvalue weighted by Crippen LogP contribution is -2.34. The van der Waals surface area contributed by atoms with Crippen LogP contribution in [0.1, 0.15) is 40.5 Å². The van der Waals surface area contributed by atoms with Gasteiger partial charge in [0.1, 0.15) is 11.3 Å². The van der Waals surface area contributed by atoms with Crippen molar-refractivity contribution in [1.82, 2.24) is 14.9 Å². The molecule has 0 radical (unpaired) electrons. The SMILES string of the molecule is NC(=O)c1cccc2[nH]c(C3CCN(CCc4ccccc4)CC3)nc12. The van der Waals surface area contributed by atoms with Crippen molar-refractivity contribution in [2.24, 2.45) is 5.73 Å². The fourth-order valence-corrected chi connectivity index (χ4v) is 3.81. The molecule has 0 saturated carbocycles. The molecule has 26 heavy (non-hydrogen) atoms. The van der Waals surface area contributed by atoms with Gasteiger partial charge < -0.3 is 15.6 Å². The van der Waals surface area contributed by atoms with Crippen LogP contribution in [-0.2, 0) is 6.42 Å². The molecule has 1 aliphatic heterocycles. The number of fused-ring (bicyclic) bond motifs is 1. The Morgan fingerprint density at radius 3 is 2.62 bits per heavy atom. The van der Waals surface area contributed by atoms with E-state index in [0.717, 1.165) is 50.2 Å². The molecule has 0 atom stereocenters. The number of likely N-dealkylation sites (tertiary alicyclic amines) is 1. The lowest BCUT2D eigenvalue weighted by molar-refractivity contribution is 0.100. The molecule has 0 aliphatic carbocycles. The maximum atomic E-state index is 11.6. The summed E-state index contributed by atoms with van der Waals surface area (Å²) >= 11 is 0. The lowest BCUT2D eigenvalue weighted by Gasteiger charge is -2.31. The normalized spacial score (nSPS) is 16.2. The molecule has 0 unspecified atom stereocenters. The molecule has 1 amide bonds. The zero-order chi connectivity index (χ0) is 17.9. The standard InChI is InChI=1S/C21H24N4O/c22-20(26)17-7-4-8-18-19(17)24-21(23-18)16-10-13-25(14-11-16)12-9-15-5-2-1-3-6-15/h1-8,16H,9-14H2,(H2,22,26)(H,23,24). The predicted molar refractivity (Wildman–Crippen MR) is 103 cm³/mol. The van der Waals surface area contributed by atoms with Crippen molar-refractivity contribution in [3.63, 3.8) is 0 Å². The summed E-state index contributed by atoms with van der Waals surface area (Å²) < 4.78 is 0. The predicted octanol–water partition coefficient (Wildman–Crippen LogP) is 3.08. The number of imidazole rings is 1. The number of hydrogen-bond acceptors (Lipinski definition) is 3. The van der Waals surface area contributed by atoms with E-state index in [2.05, 4.69) is 40.2 Å². The van der Waals surface area contributed by atoms with Crippen molar-refractivity contribution in [2.75, 3.05) is 19.6 Å². The van der Waals surface area contributed by atoms with Crippen LogP contribution in [-0.4, -0.2) is 40.4 Å². The fraction of sp³-hybridized carbons (Fsp3) is 0.333. The molecule has 5 nitrogen and oxygen atoms in total. The molecular weight excluding hydrogens is 324 g/mol. The second kappa shape index (κ2) is 7.30. The zero-order valence-corrected chi connectivity index (χ0v) is 14.8. The Bertz CT molecular complexity index is 895. The Hall–Kier alpha value is -2.66. The number of hydrogen-bond donors (Lipinski definition) is 2. The van der Waals surface area contributed by atoms with Crippen molar-refractivity contribution in [1.29, 1.82) is 0 Å². The van der Waals surface area contributed by atoms with Crippen molar-refractivity contribution in [2.45, 2.75) is 25.2 Å². The fourth-order valence-electron chi connectivity index (χ4n) is 3.81. The van der Waals surface area contributed by atoms with Crippen LogP contribution in [0.25, 0.3) is 11.0 Å². The number of H-pyrrole nitrogens is 1. The van der Waals surface area contributed by atoms with E-state index < -0.39 is 5.91 Å². The van der Waals surface area contributed by atoms with Gasteiger partial charge in [-0.3, -0.25) is 4.79 Å². The Kier molecular flexibility index (Phi) is 4.71. The van der Waals surface area contributed by atoms with E-state index in [4.69, 9.17) is 10.7 Å². The lowest BCUT2D eigenvalue weighted by atomic mass is 9.96. The number of aromatic amines is 1. The summed E-state index contributed by atoms with van der Waals surface area (Å²) in [6.45, 7) is 3.26. The first-order valence-corrected chi connectivity index (χ1v) is 9.25. The Balaban J connectivity index is 1.39.